The average molecular weight is 287 g/mol. The molecule has 0 bridgehead atoms. The fourth-order valence-electron chi connectivity index (χ4n) is 2.08. The summed E-state index contributed by atoms with van der Waals surface area (Å²) >= 11 is 0. The molecule has 0 aliphatic carbocycles. The van der Waals surface area contributed by atoms with E-state index in [1.807, 2.05) is 30.9 Å². The van der Waals surface area contributed by atoms with Crippen LogP contribution in [0, 0.1) is 5.92 Å². The Morgan fingerprint density at radius 3 is 2.90 bits per heavy atom. The quantitative estimate of drug-likeness (QED) is 0.720. The van der Waals surface area contributed by atoms with Crippen molar-refractivity contribution in [2.75, 3.05) is 13.2 Å². The maximum Gasteiger partial charge on any atom is 0.123 e. The van der Waals surface area contributed by atoms with Crippen LogP contribution in [-0.2, 0) is 13.1 Å². The number of nitrogens with one attached hydrogen (secondary N) is 1. The molecule has 0 aliphatic heterocycles. The molecule has 2 aromatic rings. The summed E-state index contributed by atoms with van der Waals surface area (Å²) in [6.45, 7) is 7.92. The predicted molar refractivity (Wildman–Crippen MR) is 85.3 cm³/mol. The van der Waals surface area contributed by atoms with Crippen LogP contribution in [0.4, 0.5) is 0 Å². The zero-order valence-electron chi connectivity index (χ0n) is 13.0. The molecule has 1 aromatic heterocycles. The van der Waals surface area contributed by atoms with E-state index < -0.39 is 0 Å². The third kappa shape index (κ3) is 5.60. The highest BCUT2D eigenvalue weighted by molar-refractivity contribution is 5.33. The number of hydrogen-bond acceptors (Lipinski definition) is 3. The minimum absolute atomic E-state index is 0.543. The van der Waals surface area contributed by atoms with Gasteiger partial charge in [-0.2, -0.15) is 0 Å². The van der Waals surface area contributed by atoms with Crippen molar-refractivity contribution in [2.45, 2.75) is 33.4 Å². The summed E-state index contributed by atoms with van der Waals surface area (Å²) in [5, 5.41) is 3.48. The minimum atomic E-state index is 0.543. The second-order valence-corrected chi connectivity index (χ2v) is 5.64. The molecule has 1 N–H and O–H groups in total. The van der Waals surface area contributed by atoms with Crippen LogP contribution in [0.25, 0.3) is 0 Å². The number of benzene rings is 1. The Labute approximate surface area is 127 Å². The lowest BCUT2D eigenvalue weighted by Crippen LogP contribution is -2.17. The number of hydrogen-bond donors (Lipinski definition) is 1. The number of aryl methyl sites for hydroxylation is 1. The molecule has 114 valence electrons. The van der Waals surface area contributed by atoms with Crippen molar-refractivity contribution in [1.29, 1.82) is 0 Å². The first-order chi connectivity index (χ1) is 10.3. The number of aromatic nitrogens is 2. The average Bonchev–Trinajstić information content (AvgIpc) is 2.99. The van der Waals surface area contributed by atoms with Crippen LogP contribution in [-0.4, -0.2) is 22.7 Å². The maximum absolute atomic E-state index is 5.86. The maximum atomic E-state index is 5.86. The summed E-state index contributed by atoms with van der Waals surface area (Å²) in [6, 6.07) is 8.26. The normalized spacial score (nSPS) is 11.0. The van der Waals surface area contributed by atoms with Crippen LogP contribution in [0.2, 0.25) is 0 Å². The lowest BCUT2D eigenvalue weighted by molar-refractivity contribution is 0.268. The van der Waals surface area contributed by atoms with Gasteiger partial charge in [-0.25, -0.2) is 4.98 Å². The van der Waals surface area contributed by atoms with Crippen LogP contribution < -0.4 is 10.1 Å². The lowest BCUT2D eigenvalue weighted by Gasteiger charge is -2.13. The van der Waals surface area contributed by atoms with E-state index in [1.165, 1.54) is 5.56 Å². The summed E-state index contributed by atoms with van der Waals surface area (Å²) in [4.78, 5) is 4.04. The predicted octanol–water partition coefficient (Wildman–Crippen LogP) is 3.10. The summed E-state index contributed by atoms with van der Waals surface area (Å²) < 4.78 is 7.96. The van der Waals surface area contributed by atoms with E-state index in [9.17, 15) is 0 Å². The Bertz CT molecular complexity index is 509. The van der Waals surface area contributed by atoms with Gasteiger partial charge < -0.3 is 14.6 Å². The Morgan fingerprint density at radius 1 is 1.29 bits per heavy atom. The van der Waals surface area contributed by atoms with Gasteiger partial charge in [0.15, 0.2) is 0 Å². The van der Waals surface area contributed by atoms with E-state index in [2.05, 4.69) is 40.8 Å². The summed E-state index contributed by atoms with van der Waals surface area (Å²) in [5.41, 5.74) is 1.22. The number of imidazole rings is 1. The molecule has 0 saturated carbocycles. The van der Waals surface area contributed by atoms with E-state index in [4.69, 9.17) is 4.74 Å². The monoisotopic (exact) mass is 287 g/mol. The van der Waals surface area contributed by atoms with Gasteiger partial charge in [0.1, 0.15) is 5.75 Å². The van der Waals surface area contributed by atoms with Gasteiger partial charge in [-0.15, -0.1) is 0 Å². The Hall–Kier alpha value is -1.81. The topological polar surface area (TPSA) is 39.1 Å². The molecule has 4 nitrogen and oxygen atoms in total. The van der Waals surface area contributed by atoms with Gasteiger partial charge in [-0.05, 0) is 24.9 Å². The third-order valence-electron chi connectivity index (χ3n) is 3.19. The van der Waals surface area contributed by atoms with Crippen molar-refractivity contribution in [1.82, 2.24) is 14.9 Å². The first-order valence-corrected chi connectivity index (χ1v) is 7.63. The smallest absolute Gasteiger partial charge is 0.123 e. The van der Waals surface area contributed by atoms with Gasteiger partial charge in [0.05, 0.1) is 12.9 Å². The van der Waals surface area contributed by atoms with Crippen LogP contribution in [0.1, 0.15) is 25.8 Å². The fourth-order valence-corrected chi connectivity index (χ4v) is 2.08. The highest BCUT2D eigenvalue weighted by Gasteiger charge is 2.03. The van der Waals surface area contributed by atoms with Gasteiger partial charge in [0.25, 0.3) is 0 Å². The number of ether oxygens (including phenoxy) is 1. The van der Waals surface area contributed by atoms with Crippen molar-refractivity contribution >= 4 is 0 Å². The van der Waals surface area contributed by atoms with E-state index in [0.29, 0.717) is 5.92 Å². The second-order valence-electron chi connectivity index (χ2n) is 5.64. The summed E-state index contributed by atoms with van der Waals surface area (Å²) in [6.07, 6.45) is 6.76. The summed E-state index contributed by atoms with van der Waals surface area (Å²) in [5.74, 6) is 1.54. The zero-order chi connectivity index (χ0) is 14.9. The van der Waals surface area contributed by atoms with E-state index >= 15 is 0 Å². The van der Waals surface area contributed by atoms with Gasteiger partial charge >= 0.3 is 0 Å². The number of para-hydroxylation sites is 1. The zero-order valence-corrected chi connectivity index (χ0v) is 13.0. The first-order valence-electron chi connectivity index (χ1n) is 7.63. The highest BCUT2D eigenvalue weighted by atomic mass is 16.5. The molecule has 0 unspecified atom stereocenters. The van der Waals surface area contributed by atoms with Gasteiger partial charge in [0.2, 0.25) is 0 Å². The van der Waals surface area contributed by atoms with E-state index in [0.717, 1.165) is 38.4 Å². The van der Waals surface area contributed by atoms with Crippen molar-refractivity contribution in [2.24, 2.45) is 5.92 Å². The molecular weight excluding hydrogens is 262 g/mol. The highest BCUT2D eigenvalue weighted by Crippen LogP contribution is 2.18. The van der Waals surface area contributed by atoms with Crippen molar-refractivity contribution in [3.63, 3.8) is 0 Å². The SMILES string of the molecule is CC(C)COc1ccccc1CNCCCn1ccnc1. The largest absolute Gasteiger partial charge is 0.493 e. The minimum Gasteiger partial charge on any atom is -0.493 e. The van der Waals surface area contributed by atoms with Crippen LogP contribution in [0.5, 0.6) is 5.75 Å². The molecule has 4 heteroatoms. The molecule has 0 amide bonds. The lowest BCUT2D eigenvalue weighted by atomic mass is 10.2. The molecule has 0 spiro atoms. The fraction of sp³-hybridized carbons (Fsp3) is 0.471. The van der Waals surface area contributed by atoms with Crippen molar-refractivity contribution in [3.05, 3.63) is 48.5 Å². The molecule has 2 rings (SSSR count). The Morgan fingerprint density at radius 2 is 2.14 bits per heavy atom. The molecule has 0 atom stereocenters. The van der Waals surface area contributed by atoms with Crippen LogP contribution in [0.15, 0.2) is 43.0 Å². The Kier molecular flexibility index (Phi) is 6.28. The van der Waals surface area contributed by atoms with Gasteiger partial charge in [-0.3, -0.25) is 0 Å². The number of rotatable bonds is 9. The molecule has 21 heavy (non-hydrogen) atoms. The molecule has 1 aromatic carbocycles. The second kappa shape index (κ2) is 8.47. The van der Waals surface area contributed by atoms with Crippen molar-refractivity contribution < 1.29 is 4.74 Å². The molecule has 0 saturated heterocycles. The third-order valence-corrected chi connectivity index (χ3v) is 3.19. The first kappa shape index (κ1) is 15.6. The molecule has 0 aliphatic rings. The standard InChI is InChI=1S/C17H25N3O/c1-15(2)13-21-17-7-4-3-6-16(17)12-18-8-5-10-20-11-9-19-14-20/h3-4,6-7,9,11,14-15,18H,5,8,10,12-13H2,1-2H3. The number of nitrogens with zero attached hydrogens (tertiary/aromatic N) is 2. The van der Waals surface area contributed by atoms with Gasteiger partial charge in [0, 0.05) is 31.0 Å². The Balaban J connectivity index is 1.72. The van der Waals surface area contributed by atoms with Crippen molar-refractivity contribution in [3.8, 4) is 5.75 Å². The molecule has 1 heterocycles. The van der Waals surface area contributed by atoms with E-state index in [1.54, 1.807) is 0 Å². The van der Waals surface area contributed by atoms with Crippen LogP contribution >= 0.6 is 0 Å². The van der Waals surface area contributed by atoms with E-state index in [-0.39, 0.29) is 0 Å². The van der Waals surface area contributed by atoms with Crippen LogP contribution in [0.3, 0.4) is 0 Å². The molecule has 0 fully saturated rings. The molecule has 0 radical (unpaired) electrons. The summed E-state index contributed by atoms with van der Waals surface area (Å²) in [7, 11) is 0. The van der Waals surface area contributed by atoms with Gasteiger partial charge in [-0.1, -0.05) is 32.0 Å². The molecular formula is C17H25N3O.